The largest absolute Gasteiger partial charge is 0.488 e. The molecule has 1 aromatic heterocycles. The zero-order valence-corrected chi connectivity index (χ0v) is 34.5. The molecule has 16 nitrogen and oxygen atoms in total. The van der Waals surface area contributed by atoms with E-state index >= 15 is 0 Å². The predicted octanol–water partition coefficient (Wildman–Crippen LogP) is 4.55. The number of rotatable bonds is 27. The van der Waals surface area contributed by atoms with Crippen LogP contribution in [0.1, 0.15) is 63.6 Å². The Balaban J connectivity index is 1.81. The molecule has 56 heavy (non-hydrogen) atoms. The van der Waals surface area contributed by atoms with E-state index in [0.717, 1.165) is 5.56 Å². The van der Waals surface area contributed by atoms with Crippen LogP contribution in [0.4, 0.5) is 10.6 Å². The normalized spacial score (nSPS) is 11.8. The third kappa shape index (κ3) is 20.4. The minimum atomic E-state index is -0.872. The van der Waals surface area contributed by atoms with Crippen molar-refractivity contribution in [1.82, 2.24) is 15.6 Å². The van der Waals surface area contributed by atoms with E-state index in [1.165, 1.54) is 24.1 Å². The van der Waals surface area contributed by atoms with Gasteiger partial charge in [0, 0.05) is 25.7 Å². The summed E-state index contributed by atoms with van der Waals surface area (Å²) in [5, 5.41) is 5.64. The molecule has 0 aliphatic heterocycles. The molecule has 2 aromatic rings. The van der Waals surface area contributed by atoms with Gasteiger partial charge in [-0.2, -0.15) is 0 Å². The van der Waals surface area contributed by atoms with Crippen molar-refractivity contribution in [2.75, 3.05) is 91.1 Å². The van der Waals surface area contributed by atoms with Crippen LogP contribution in [0.2, 0.25) is 10.0 Å². The van der Waals surface area contributed by atoms with Crippen LogP contribution in [-0.4, -0.2) is 121 Å². The number of amides is 3. The number of pyridine rings is 1. The first-order valence-electron chi connectivity index (χ1n) is 18.4. The number of aryl methyl sites for hydroxylation is 1. The van der Waals surface area contributed by atoms with Crippen molar-refractivity contribution >= 4 is 52.9 Å². The van der Waals surface area contributed by atoms with Crippen molar-refractivity contribution in [2.24, 2.45) is 5.73 Å². The molecule has 0 fully saturated rings. The third-order valence-electron chi connectivity index (χ3n) is 7.48. The Morgan fingerprint density at radius 3 is 2.00 bits per heavy atom. The molecule has 0 radical (unpaired) electrons. The number of hydrogen-bond donors (Lipinski definition) is 3. The summed E-state index contributed by atoms with van der Waals surface area (Å²) < 4.78 is 37.7. The zero-order valence-electron chi connectivity index (χ0n) is 33.0. The highest BCUT2D eigenvalue weighted by molar-refractivity contribution is 6.37. The molecule has 0 saturated carbocycles. The second-order valence-corrected chi connectivity index (χ2v) is 14.2. The van der Waals surface area contributed by atoms with E-state index in [1.54, 1.807) is 33.0 Å². The Hall–Kier alpha value is -3.77. The van der Waals surface area contributed by atoms with Crippen LogP contribution in [0.5, 0.6) is 5.75 Å². The number of esters is 1. The summed E-state index contributed by atoms with van der Waals surface area (Å²) in [6.07, 6.45) is 1.87. The first-order chi connectivity index (χ1) is 26.7. The summed E-state index contributed by atoms with van der Waals surface area (Å²) in [5.74, 6) is -0.839. The lowest BCUT2D eigenvalue weighted by Crippen LogP contribution is -2.39. The molecule has 314 valence electrons. The number of hydrogen-bond acceptors (Lipinski definition) is 13. The van der Waals surface area contributed by atoms with Gasteiger partial charge in [-0.25, -0.2) is 9.78 Å². The number of halogens is 2. The molecule has 0 aliphatic rings. The second kappa shape index (κ2) is 27.0. The van der Waals surface area contributed by atoms with Gasteiger partial charge in [-0.15, -0.1) is 0 Å². The highest BCUT2D eigenvalue weighted by atomic mass is 35.5. The smallest absolute Gasteiger partial charge is 0.416 e. The Kier molecular flexibility index (Phi) is 23.3. The number of anilines is 1. The van der Waals surface area contributed by atoms with Crippen molar-refractivity contribution in [3.05, 3.63) is 51.6 Å². The van der Waals surface area contributed by atoms with Crippen molar-refractivity contribution in [3.63, 3.8) is 0 Å². The summed E-state index contributed by atoms with van der Waals surface area (Å²) in [6, 6.07) is 5.80. The van der Waals surface area contributed by atoms with Crippen molar-refractivity contribution in [2.45, 2.75) is 65.0 Å². The summed E-state index contributed by atoms with van der Waals surface area (Å²) >= 11 is 13.0. The fourth-order valence-corrected chi connectivity index (χ4v) is 5.43. The molecule has 1 aromatic carbocycles. The average molecular weight is 831 g/mol. The van der Waals surface area contributed by atoms with E-state index in [1.807, 2.05) is 13.0 Å². The molecule has 18 heteroatoms. The zero-order chi connectivity index (χ0) is 41.3. The highest BCUT2D eigenvalue weighted by Crippen LogP contribution is 2.36. The first-order valence-corrected chi connectivity index (χ1v) is 19.2. The summed E-state index contributed by atoms with van der Waals surface area (Å²) in [7, 11) is 1.23. The Labute approximate surface area is 339 Å². The van der Waals surface area contributed by atoms with Crippen LogP contribution in [-0.2, 0) is 42.8 Å². The number of unbranched alkanes of at least 4 members (excludes halogenated alkanes) is 1. The standard InChI is InChI=1S/C38H57Cl2N5O11/c1-27-9-11-42-32(22-27)45(37(49)56-38(2,3)4)12-7-6-8-33(46)43-26-34(47)44-31(25-35(48)50-5)28-23-29(39)36(30(40)24-28)55-21-20-54-19-18-53-17-16-52-15-14-51-13-10-41/h9,11,22-24,31H,6-8,10,12-21,25-26,41H2,1-5H3,(H,43,46)(H,44,47). The molecule has 1 heterocycles. The van der Waals surface area contributed by atoms with Crippen LogP contribution in [0.25, 0.3) is 0 Å². The van der Waals surface area contributed by atoms with Gasteiger partial charge in [0.05, 0.1) is 89.0 Å². The SMILES string of the molecule is COC(=O)CC(NC(=O)CNC(=O)CCCCN(C(=O)OC(C)(C)C)c1cc(C)ccn1)c1cc(Cl)c(OCCOCCOCCOCCOCCN)c(Cl)c1. The van der Waals surface area contributed by atoms with Crippen LogP contribution in [0, 0.1) is 6.92 Å². The molecule has 2 rings (SSSR count). The molecule has 3 amide bonds. The Bertz CT molecular complexity index is 1490. The monoisotopic (exact) mass is 829 g/mol. The van der Waals surface area contributed by atoms with Gasteiger partial charge in [0.25, 0.3) is 0 Å². The van der Waals surface area contributed by atoms with Crippen molar-refractivity contribution < 1.29 is 52.3 Å². The number of aromatic nitrogens is 1. The topological polar surface area (TPSA) is 199 Å². The van der Waals surface area contributed by atoms with Crippen molar-refractivity contribution in [1.29, 1.82) is 0 Å². The van der Waals surface area contributed by atoms with Gasteiger partial charge < -0.3 is 49.5 Å². The number of methoxy groups -OCH3 is 1. The molecular formula is C38H57Cl2N5O11. The molecule has 0 spiro atoms. The highest BCUT2D eigenvalue weighted by Gasteiger charge is 2.25. The summed E-state index contributed by atoms with van der Waals surface area (Å²) in [4.78, 5) is 56.5. The lowest BCUT2D eigenvalue weighted by molar-refractivity contribution is -0.141. The maximum Gasteiger partial charge on any atom is 0.416 e. The van der Waals surface area contributed by atoms with Gasteiger partial charge in [-0.1, -0.05) is 23.2 Å². The Morgan fingerprint density at radius 2 is 1.45 bits per heavy atom. The van der Waals surface area contributed by atoms with E-state index < -0.39 is 29.6 Å². The van der Waals surface area contributed by atoms with E-state index in [4.69, 9.17) is 62.1 Å². The molecule has 0 aliphatic carbocycles. The minimum absolute atomic E-state index is 0.107. The summed E-state index contributed by atoms with van der Waals surface area (Å²) in [5.41, 5.74) is 6.01. The van der Waals surface area contributed by atoms with E-state index in [2.05, 4.69) is 15.6 Å². The number of nitrogens with zero attached hydrogens (tertiary/aromatic N) is 2. The maximum atomic E-state index is 12.9. The van der Waals surface area contributed by atoms with Crippen LogP contribution in [0.15, 0.2) is 30.5 Å². The van der Waals surface area contributed by atoms with Gasteiger partial charge >= 0.3 is 12.1 Å². The Morgan fingerprint density at radius 1 is 0.857 bits per heavy atom. The van der Waals surface area contributed by atoms with Gasteiger partial charge in [0.2, 0.25) is 11.8 Å². The summed E-state index contributed by atoms with van der Waals surface area (Å²) in [6.45, 7) is 11.1. The molecule has 1 atom stereocenters. The van der Waals surface area contributed by atoms with Crippen molar-refractivity contribution in [3.8, 4) is 5.75 Å². The number of benzene rings is 1. The quantitative estimate of drug-likeness (QED) is 0.0838. The van der Waals surface area contributed by atoms with E-state index in [9.17, 15) is 19.2 Å². The maximum absolute atomic E-state index is 12.9. The number of nitrogens with one attached hydrogen (secondary N) is 2. The lowest BCUT2D eigenvalue weighted by atomic mass is 10.0. The number of nitrogens with two attached hydrogens (primary N) is 1. The number of carbonyl (C=O) groups excluding carboxylic acids is 4. The predicted molar refractivity (Wildman–Crippen MR) is 211 cm³/mol. The second-order valence-electron chi connectivity index (χ2n) is 13.4. The molecular weight excluding hydrogens is 773 g/mol. The van der Waals surface area contributed by atoms with Gasteiger partial charge in [0.15, 0.2) is 5.75 Å². The molecule has 4 N–H and O–H groups in total. The lowest BCUT2D eigenvalue weighted by Gasteiger charge is -2.27. The third-order valence-corrected chi connectivity index (χ3v) is 8.04. The fraction of sp³-hybridized carbons (Fsp3) is 0.605. The van der Waals surface area contributed by atoms with Crippen LogP contribution < -0.4 is 26.0 Å². The molecule has 0 saturated heterocycles. The molecule has 0 bridgehead atoms. The van der Waals surface area contributed by atoms with Gasteiger partial charge in [0.1, 0.15) is 18.0 Å². The fourth-order valence-electron chi connectivity index (χ4n) is 4.82. The van der Waals surface area contributed by atoms with E-state index in [-0.39, 0.29) is 60.8 Å². The van der Waals surface area contributed by atoms with Gasteiger partial charge in [-0.05, 0) is 75.9 Å². The number of carbonyl (C=O) groups is 4. The average Bonchev–Trinajstić information content (AvgIpc) is 3.13. The van der Waals surface area contributed by atoms with E-state index in [0.29, 0.717) is 77.0 Å². The van der Waals surface area contributed by atoms with Crippen LogP contribution >= 0.6 is 23.2 Å². The minimum Gasteiger partial charge on any atom is -0.488 e. The van der Waals surface area contributed by atoms with Gasteiger partial charge in [-0.3, -0.25) is 19.3 Å². The van der Waals surface area contributed by atoms with Crippen LogP contribution in [0.3, 0.4) is 0 Å². The first kappa shape index (κ1) is 48.4. The molecule has 1 unspecified atom stereocenters. The number of ether oxygens (including phenoxy) is 7.